The molecule has 0 N–H and O–H groups in total. The van der Waals surface area contributed by atoms with Gasteiger partial charge >= 0.3 is 0 Å². The van der Waals surface area contributed by atoms with Crippen LogP contribution in [0.2, 0.25) is 10.0 Å². The highest BCUT2D eigenvalue weighted by Gasteiger charge is 2.19. The van der Waals surface area contributed by atoms with E-state index in [0.29, 0.717) is 16.7 Å². The van der Waals surface area contributed by atoms with Crippen molar-refractivity contribution in [3.8, 4) is 17.0 Å². The molecule has 0 bridgehead atoms. The molecule has 1 aliphatic rings. The fraction of sp³-hybridized carbons (Fsp3) is 0.360. The smallest absolute Gasteiger partial charge is 0.151 e. The summed E-state index contributed by atoms with van der Waals surface area (Å²) in [6.07, 6.45) is 1.00. The van der Waals surface area contributed by atoms with E-state index in [1.54, 1.807) is 17.4 Å². The van der Waals surface area contributed by atoms with Crippen molar-refractivity contribution in [2.45, 2.75) is 19.9 Å². The Hall–Kier alpha value is -2.16. The van der Waals surface area contributed by atoms with Crippen molar-refractivity contribution in [3.63, 3.8) is 0 Å². The van der Waals surface area contributed by atoms with E-state index in [9.17, 15) is 0 Å². The second-order valence-electron chi connectivity index (χ2n) is 8.49. The van der Waals surface area contributed by atoms with Crippen LogP contribution in [0.15, 0.2) is 47.0 Å². The van der Waals surface area contributed by atoms with Gasteiger partial charge in [0.15, 0.2) is 5.76 Å². The second-order valence-corrected chi connectivity index (χ2v) is 10.5. The van der Waals surface area contributed by atoms with E-state index >= 15 is 0 Å². The van der Waals surface area contributed by atoms with E-state index < -0.39 is 0 Å². The number of aromatic nitrogens is 2. The summed E-state index contributed by atoms with van der Waals surface area (Å²) in [4.78, 5) is 9.44. The van der Waals surface area contributed by atoms with Crippen LogP contribution in [0.25, 0.3) is 21.5 Å². The van der Waals surface area contributed by atoms with Crippen LogP contribution < -0.4 is 4.74 Å². The van der Waals surface area contributed by atoms with Gasteiger partial charge in [-0.2, -0.15) is 0 Å². The maximum Gasteiger partial charge on any atom is 0.151 e. The van der Waals surface area contributed by atoms with Gasteiger partial charge in [0.05, 0.1) is 38.4 Å². The lowest BCUT2D eigenvalue weighted by atomic mass is 10.1. The SMILES string of the molecule is Cc1nc2cc(OCCCN3CCN(Cc4cc(-c5ccc(Cl)c(Cl)c5)no4)CC3)ccc2s1. The molecule has 0 saturated carbocycles. The van der Waals surface area contributed by atoms with Gasteiger partial charge in [-0.15, -0.1) is 11.3 Å². The molecule has 2 aromatic carbocycles. The Labute approximate surface area is 213 Å². The van der Waals surface area contributed by atoms with Gasteiger partial charge in [0.1, 0.15) is 11.4 Å². The van der Waals surface area contributed by atoms with Crippen LogP contribution >= 0.6 is 34.5 Å². The van der Waals surface area contributed by atoms with Crippen molar-refractivity contribution in [1.82, 2.24) is 19.9 Å². The van der Waals surface area contributed by atoms with Gasteiger partial charge in [0.2, 0.25) is 0 Å². The molecule has 0 amide bonds. The summed E-state index contributed by atoms with van der Waals surface area (Å²) in [5.74, 6) is 1.75. The predicted molar refractivity (Wildman–Crippen MR) is 138 cm³/mol. The number of ether oxygens (including phenoxy) is 1. The highest BCUT2D eigenvalue weighted by atomic mass is 35.5. The number of thiazole rings is 1. The molecule has 5 rings (SSSR count). The first-order chi connectivity index (χ1) is 16.5. The average Bonchev–Trinajstić information content (AvgIpc) is 3.45. The van der Waals surface area contributed by atoms with Gasteiger partial charge in [-0.25, -0.2) is 4.98 Å². The molecule has 1 aliphatic heterocycles. The Morgan fingerprint density at radius 1 is 1.00 bits per heavy atom. The van der Waals surface area contributed by atoms with Gasteiger partial charge in [-0.05, 0) is 37.6 Å². The number of hydrogen-bond donors (Lipinski definition) is 0. The van der Waals surface area contributed by atoms with Crippen LogP contribution in [-0.2, 0) is 6.54 Å². The average molecular weight is 517 g/mol. The number of fused-ring (bicyclic) bond motifs is 1. The minimum absolute atomic E-state index is 0.515. The monoisotopic (exact) mass is 516 g/mol. The predicted octanol–water partition coefficient (Wildman–Crippen LogP) is 6.15. The number of nitrogens with zero attached hydrogens (tertiary/aromatic N) is 4. The third kappa shape index (κ3) is 5.73. The molecular weight excluding hydrogens is 491 g/mol. The van der Waals surface area contributed by atoms with Crippen LogP contribution in [0.3, 0.4) is 0 Å². The molecule has 0 aliphatic carbocycles. The fourth-order valence-corrected chi connectivity index (χ4v) is 5.27. The van der Waals surface area contributed by atoms with E-state index in [1.165, 1.54) is 4.70 Å². The van der Waals surface area contributed by atoms with Gasteiger partial charge in [-0.3, -0.25) is 4.90 Å². The van der Waals surface area contributed by atoms with Gasteiger partial charge in [0.25, 0.3) is 0 Å². The maximum atomic E-state index is 6.12. The van der Waals surface area contributed by atoms with E-state index in [-0.39, 0.29) is 0 Å². The minimum atomic E-state index is 0.515. The third-order valence-electron chi connectivity index (χ3n) is 5.97. The van der Waals surface area contributed by atoms with Crippen LogP contribution in [0.4, 0.5) is 0 Å². The summed E-state index contributed by atoms with van der Waals surface area (Å²) in [6, 6.07) is 13.6. The first-order valence-corrected chi connectivity index (χ1v) is 13.0. The van der Waals surface area contributed by atoms with Crippen molar-refractivity contribution in [2.75, 3.05) is 39.3 Å². The molecular formula is C25H26Cl2N4O2S. The summed E-state index contributed by atoms with van der Waals surface area (Å²) in [5, 5.41) is 6.33. The molecule has 2 aromatic heterocycles. The van der Waals surface area contributed by atoms with Crippen molar-refractivity contribution in [1.29, 1.82) is 0 Å². The zero-order valence-corrected chi connectivity index (χ0v) is 21.3. The number of rotatable bonds is 8. The van der Waals surface area contributed by atoms with Gasteiger partial charge in [-0.1, -0.05) is 34.4 Å². The number of benzene rings is 2. The third-order valence-corrected chi connectivity index (χ3v) is 7.66. The molecule has 0 radical (unpaired) electrons. The van der Waals surface area contributed by atoms with Crippen LogP contribution in [0.1, 0.15) is 17.2 Å². The molecule has 9 heteroatoms. The zero-order valence-electron chi connectivity index (χ0n) is 19.0. The quantitative estimate of drug-likeness (QED) is 0.261. The lowest BCUT2D eigenvalue weighted by molar-refractivity contribution is 0.113. The van der Waals surface area contributed by atoms with E-state index in [1.807, 2.05) is 37.3 Å². The van der Waals surface area contributed by atoms with E-state index in [2.05, 4.69) is 26.0 Å². The maximum absolute atomic E-state index is 6.12. The fourth-order valence-electron chi connectivity index (χ4n) is 4.16. The van der Waals surface area contributed by atoms with Crippen LogP contribution in [0.5, 0.6) is 5.75 Å². The molecule has 1 saturated heterocycles. The molecule has 1 fully saturated rings. The molecule has 0 unspecified atom stereocenters. The summed E-state index contributed by atoms with van der Waals surface area (Å²) in [6.45, 7) is 8.62. The summed E-state index contributed by atoms with van der Waals surface area (Å²) in [7, 11) is 0. The first-order valence-electron chi connectivity index (χ1n) is 11.4. The Morgan fingerprint density at radius 2 is 1.82 bits per heavy atom. The Kier molecular flexibility index (Phi) is 7.37. The molecule has 0 atom stereocenters. The molecule has 3 heterocycles. The van der Waals surface area contributed by atoms with Crippen LogP contribution in [0, 0.1) is 6.92 Å². The summed E-state index contributed by atoms with van der Waals surface area (Å²) >= 11 is 13.8. The van der Waals surface area contributed by atoms with E-state index in [4.69, 9.17) is 32.5 Å². The van der Waals surface area contributed by atoms with Gasteiger partial charge in [0, 0.05) is 50.4 Å². The Morgan fingerprint density at radius 3 is 2.65 bits per heavy atom. The largest absolute Gasteiger partial charge is 0.493 e. The molecule has 6 nitrogen and oxygen atoms in total. The number of halogens is 2. The Balaban J connectivity index is 1.03. The zero-order chi connectivity index (χ0) is 23.5. The van der Waals surface area contributed by atoms with E-state index in [0.717, 1.165) is 79.0 Å². The van der Waals surface area contributed by atoms with Crippen molar-refractivity contribution in [3.05, 3.63) is 63.3 Å². The number of aryl methyl sites for hydroxylation is 1. The summed E-state index contributed by atoms with van der Waals surface area (Å²) < 4.78 is 12.7. The highest BCUT2D eigenvalue weighted by molar-refractivity contribution is 7.18. The summed E-state index contributed by atoms with van der Waals surface area (Å²) in [5.41, 5.74) is 2.70. The number of piperazine rings is 1. The first kappa shape index (κ1) is 23.6. The van der Waals surface area contributed by atoms with Gasteiger partial charge < -0.3 is 14.2 Å². The molecule has 0 spiro atoms. The highest BCUT2D eigenvalue weighted by Crippen LogP contribution is 2.29. The van der Waals surface area contributed by atoms with Crippen LogP contribution in [-0.4, -0.2) is 59.3 Å². The van der Waals surface area contributed by atoms with Crippen molar-refractivity contribution < 1.29 is 9.26 Å². The van der Waals surface area contributed by atoms with Crippen molar-refractivity contribution >= 4 is 44.8 Å². The molecule has 4 aromatic rings. The normalized spacial score (nSPS) is 15.3. The molecule has 178 valence electrons. The topological polar surface area (TPSA) is 54.6 Å². The second kappa shape index (κ2) is 10.6. The minimum Gasteiger partial charge on any atom is -0.493 e. The standard InChI is InChI=1S/C25H26Cl2N4O2S/c1-17-28-24-14-19(4-6-25(24)34-17)32-12-2-7-30-8-10-31(11-9-30)16-20-15-23(29-33-20)18-3-5-21(26)22(27)13-18/h3-6,13-15H,2,7-12,16H2,1H3. The number of hydrogen-bond acceptors (Lipinski definition) is 7. The lowest BCUT2D eigenvalue weighted by Gasteiger charge is -2.34. The lowest BCUT2D eigenvalue weighted by Crippen LogP contribution is -2.46. The molecule has 34 heavy (non-hydrogen) atoms. The van der Waals surface area contributed by atoms with Crippen molar-refractivity contribution in [2.24, 2.45) is 0 Å². The Bertz CT molecular complexity index is 1270.